The van der Waals surface area contributed by atoms with E-state index in [1.807, 2.05) is 0 Å². The van der Waals surface area contributed by atoms with E-state index in [-0.39, 0.29) is 17.0 Å². The van der Waals surface area contributed by atoms with Crippen molar-refractivity contribution in [3.8, 4) is 5.75 Å². The summed E-state index contributed by atoms with van der Waals surface area (Å²) in [6.07, 6.45) is 0.982. The highest BCUT2D eigenvalue weighted by Crippen LogP contribution is 2.19. The van der Waals surface area contributed by atoms with Crippen molar-refractivity contribution in [2.75, 3.05) is 5.32 Å². The zero-order chi connectivity index (χ0) is 13.1. The number of benzene rings is 1. The summed E-state index contributed by atoms with van der Waals surface area (Å²) in [5, 5.41) is 11.3. The van der Waals surface area contributed by atoms with Crippen LogP contribution in [-0.2, 0) is 0 Å². The lowest BCUT2D eigenvalue weighted by atomic mass is 10.2. The third-order valence-electron chi connectivity index (χ3n) is 2.16. The molecular weight excluding hydrogens is 241 g/mol. The summed E-state index contributed by atoms with van der Waals surface area (Å²) in [5.74, 6) is -1.62. The standard InChI is InChI=1S/C12H8FNO4/c13-9-5-8(15)2-3-10(9)14-12(17)7-1-4-11(16)18-6-7/h1-6,15H,(H,14,17). The van der Waals surface area contributed by atoms with Crippen molar-refractivity contribution in [3.05, 3.63) is 58.4 Å². The second-order valence-electron chi connectivity index (χ2n) is 3.46. The number of anilines is 1. The average molecular weight is 249 g/mol. The van der Waals surface area contributed by atoms with Crippen LogP contribution in [0.2, 0.25) is 0 Å². The number of nitrogens with one attached hydrogen (secondary N) is 1. The third-order valence-corrected chi connectivity index (χ3v) is 2.16. The summed E-state index contributed by atoms with van der Waals surface area (Å²) in [6.45, 7) is 0. The van der Waals surface area contributed by atoms with Crippen LogP contribution in [0.4, 0.5) is 10.1 Å². The molecule has 5 nitrogen and oxygen atoms in total. The van der Waals surface area contributed by atoms with E-state index in [0.717, 1.165) is 18.4 Å². The van der Waals surface area contributed by atoms with Crippen molar-refractivity contribution in [2.45, 2.75) is 0 Å². The van der Waals surface area contributed by atoms with E-state index >= 15 is 0 Å². The van der Waals surface area contributed by atoms with Crippen LogP contribution in [0.3, 0.4) is 0 Å². The van der Waals surface area contributed by atoms with Gasteiger partial charge in [-0.15, -0.1) is 0 Å². The molecule has 0 bridgehead atoms. The van der Waals surface area contributed by atoms with Crippen LogP contribution in [-0.4, -0.2) is 11.0 Å². The number of hydrogen-bond donors (Lipinski definition) is 2. The molecule has 0 atom stereocenters. The SMILES string of the molecule is O=C(Nc1ccc(O)cc1F)c1ccc(=O)oc1. The molecule has 1 amide bonds. The number of halogens is 1. The summed E-state index contributed by atoms with van der Waals surface area (Å²) in [4.78, 5) is 22.4. The molecule has 18 heavy (non-hydrogen) atoms. The van der Waals surface area contributed by atoms with Crippen molar-refractivity contribution < 1.29 is 18.7 Å². The molecule has 2 rings (SSSR count). The lowest BCUT2D eigenvalue weighted by Crippen LogP contribution is -2.13. The molecule has 0 aliphatic carbocycles. The fourth-order valence-corrected chi connectivity index (χ4v) is 1.29. The third kappa shape index (κ3) is 2.54. The van der Waals surface area contributed by atoms with Crippen molar-refractivity contribution in [1.29, 1.82) is 0 Å². The lowest BCUT2D eigenvalue weighted by molar-refractivity contribution is 0.102. The Hall–Kier alpha value is -2.63. The van der Waals surface area contributed by atoms with E-state index in [0.29, 0.717) is 0 Å². The van der Waals surface area contributed by atoms with Gasteiger partial charge in [0.25, 0.3) is 5.91 Å². The zero-order valence-corrected chi connectivity index (χ0v) is 9.01. The molecule has 1 heterocycles. The summed E-state index contributed by atoms with van der Waals surface area (Å²) < 4.78 is 17.9. The molecule has 1 aromatic carbocycles. The normalized spacial score (nSPS) is 10.1. The number of aromatic hydroxyl groups is 1. The van der Waals surface area contributed by atoms with Gasteiger partial charge >= 0.3 is 5.63 Å². The molecule has 2 N–H and O–H groups in total. The molecule has 0 spiro atoms. The van der Waals surface area contributed by atoms with Gasteiger partial charge in [-0.05, 0) is 18.2 Å². The first-order chi connectivity index (χ1) is 8.56. The number of carbonyl (C=O) groups is 1. The van der Waals surface area contributed by atoms with E-state index < -0.39 is 17.3 Å². The maximum atomic E-state index is 13.3. The van der Waals surface area contributed by atoms with Crippen LogP contribution in [0, 0.1) is 5.82 Å². The monoisotopic (exact) mass is 249 g/mol. The smallest absolute Gasteiger partial charge is 0.335 e. The van der Waals surface area contributed by atoms with Crippen molar-refractivity contribution in [1.82, 2.24) is 0 Å². The van der Waals surface area contributed by atoms with Gasteiger partial charge in [0.15, 0.2) is 0 Å². The number of hydrogen-bond acceptors (Lipinski definition) is 4. The number of carbonyl (C=O) groups excluding carboxylic acids is 1. The molecule has 0 aliphatic rings. The summed E-state index contributed by atoms with van der Waals surface area (Å²) in [6, 6.07) is 5.69. The van der Waals surface area contributed by atoms with Crippen molar-refractivity contribution in [2.24, 2.45) is 0 Å². The first-order valence-corrected chi connectivity index (χ1v) is 4.95. The van der Waals surface area contributed by atoms with Crippen LogP contribution in [0.15, 0.2) is 45.8 Å². The van der Waals surface area contributed by atoms with Crippen LogP contribution in [0.5, 0.6) is 5.75 Å². The highest BCUT2D eigenvalue weighted by Gasteiger charge is 2.10. The lowest BCUT2D eigenvalue weighted by Gasteiger charge is -2.05. The van der Waals surface area contributed by atoms with Gasteiger partial charge in [-0.2, -0.15) is 0 Å². The Bertz CT molecular complexity index is 630. The molecule has 1 aromatic heterocycles. The Kier molecular flexibility index (Phi) is 3.09. The average Bonchev–Trinajstić information content (AvgIpc) is 2.33. The Morgan fingerprint density at radius 2 is 2.06 bits per heavy atom. The first-order valence-electron chi connectivity index (χ1n) is 4.95. The molecule has 0 radical (unpaired) electrons. The van der Waals surface area contributed by atoms with E-state index in [1.54, 1.807) is 0 Å². The second kappa shape index (κ2) is 4.70. The first kappa shape index (κ1) is 11.8. The minimum Gasteiger partial charge on any atom is -0.508 e. The number of phenolic OH excluding ortho intramolecular Hbond substituents is 1. The van der Waals surface area contributed by atoms with Gasteiger partial charge in [-0.25, -0.2) is 9.18 Å². The Labute approximate surface area is 100 Å². The van der Waals surface area contributed by atoms with Crippen molar-refractivity contribution >= 4 is 11.6 Å². The predicted molar refractivity (Wildman–Crippen MR) is 61.0 cm³/mol. The van der Waals surface area contributed by atoms with E-state index in [2.05, 4.69) is 9.73 Å². The largest absolute Gasteiger partial charge is 0.508 e. The molecule has 0 fully saturated rings. The maximum absolute atomic E-state index is 13.3. The molecule has 0 saturated carbocycles. The zero-order valence-electron chi connectivity index (χ0n) is 9.01. The molecule has 2 aromatic rings. The molecule has 92 valence electrons. The van der Waals surface area contributed by atoms with E-state index in [1.165, 1.54) is 18.2 Å². The van der Waals surface area contributed by atoms with Gasteiger partial charge in [-0.1, -0.05) is 0 Å². The van der Waals surface area contributed by atoms with Crippen LogP contribution in [0.1, 0.15) is 10.4 Å². The second-order valence-corrected chi connectivity index (χ2v) is 3.46. The highest BCUT2D eigenvalue weighted by molar-refractivity contribution is 6.03. The summed E-state index contributed by atoms with van der Waals surface area (Å²) >= 11 is 0. The summed E-state index contributed by atoms with van der Waals surface area (Å²) in [5.41, 5.74) is -0.576. The minimum atomic E-state index is -0.763. The fraction of sp³-hybridized carbons (Fsp3) is 0. The highest BCUT2D eigenvalue weighted by atomic mass is 19.1. The maximum Gasteiger partial charge on any atom is 0.335 e. The Morgan fingerprint density at radius 1 is 1.28 bits per heavy atom. The van der Waals surface area contributed by atoms with Crippen LogP contribution in [0.25, 0.3) is 0 Å². The van der Waals surface area contributed by atoms with Crippen LogP contribution >= 0.6 is 0 Å². The Balaban J connectivity index is 2.21. The van der Waals surface area contributed by atoms with Gasteiger partial charge in [0, 0.05) is 12.1 Å². The topological polar surface area (TPSA) is 79.5 Å². The van der Waals surface area contributed by atoms with Gasteiger partial charge in [0.2, 0.25) is 0 Å². The number of rotatable bonds is 2. The molecular formula is C12H8FNO4. The molecule has 6 heteroatoms. The number of phenols is 1. The van der Waals surface area contributed by atoms with E-state index in [9.17, 15) is 14.0 Å². The Morgan fingerprint density at radius 3 is 2.67 bits per heavy atom. The van der Waals surface area contributed by atoms with Gasteiger partial charge in [0.1, 0.15) is 17.8 Å². The van der Waals surface area contributed by atoms with Crippen molar-refractivity contribution in [3.63, 3.8) is 0 Å². The quantitative estimate of drug-likeness (QED) is 0.794. The minimum absolute atomic E-state index is 0.0796. The van der Waals surface area contributed by atoms with Gasteiger partial charge in [-0.3, -0.25) is 4.79 Å². The number of amides is 1. The van der Waals surface area contributed by atoms with Crippen LogP contribution < -0.4 is 10.9 Å². The predicted octanol–water partition coefficient (Wildman–Crippen LogP) is 1.74. The molecule has 0 aliphatic heterocycles. The summed E-state index contributed by atoms with van der Waals surface area (Å²) in [7, 11) is 0. The van der Waals surface area contributed by atoms with Gasteiger partial charge < -0.3 is 14.8 Å². The van der Waals surface area contributed by atoms with E-state index in [4.69, 9.17) is 5.11 Å². The molecule has 0 saturated heterocycles. The van der Waals surface area contributed by atoms with Gasteiger partial charge in [0.05, 0.1) is 11.3 Å². The molecule has 0 unspecified atom stereocenters. The fourth-order valence-electron chi connectivity index (χ4n) is 1.29.